The molecule has 5 heteroatoms. The monoisotopic (exact) mass is 264 g/mol. The first-order valence-corrected chi connectivity index (χ1v) is 6.78. The zero-order chi connectivity index (χ0) is 13.8. The van der Waals surface area contributed by atoms with E-state index < -0.39 is 0 Å². The Hall–Kier alpha value is -1.54. The van der Waals surface area contributed by atoms with Crippen molar-refractivity contribution >= 4 is 11.8 Å². The molecule has 2 amide bonds. The van der Waals surface area contributed by atoms with Crippen LogP contribution in [-0.4, -0.2) is 47.6 Å². The summed E-state index contributed by atoms with van der Waals surface area (Å²) in [4.78, 5) is 25.2. The molecule has 0 spiro atoms. The first kappa shape index (κ1) is 13.9. The average molecular weight is 264 g/mol. The normalized spacial score (nSPS) is 26.3. The maximum absolute atomic E-state index is 11.9. The zero-order valence-corrected chi connectivity index (χ0v) is 11.2. The van der Waals surface area contributed by atoms with Crippen LogP contribution >= 0.6 is 0 Å². The van der Waals surface area contributed by atoms with Crippen LogP contribution in [0.3, 0.4) is 0 Å². The van der Waals surface area contributed by atoms with Crippen LogP contribution < -0.4 is 5.32 Å². The average Bonchev–Trinajstić information content (AvgIpc) is 2.70. The number of nitrogens with zero attached hydrogens (tertiary/aromatic N) is 1. The van der Waals surface area contributed by atoms with Crippen molar-refractivity contribution in [2.24, 2.45) is 11.8 Å². The SMILES string of the molecule is CC#CC(=O)N1C[C@@H](CO)[C@H](NC(=O)C2CCC2)C1. The molecule has 19 heavy (non-hydrogen) atoms. The Balaban J connectivity index is 1.93. The molecule has 5 nitrogen and oxygen atoms in total. The summed E-state index contributed by atoms with van der Waals surface area (Å²) in [7, 11) is 0. The second-order valence-corrected chi connectivity index (χ2v) is 5.27. The van der Waals surface area contributed by atoms with Gasteiger partial charge in [-0.3, -0.25) is 9.59 Å². The molecule has 2 N–H and O–H groups in total. The predicted octanol–water partition coefficient (Wildman–Crippen LogP) is -0.255. The third-order valence-electron chi connectivity index (χ3n) is 4.00. The molecule has 0 aromatic carbocycles. The van der Waals surface area contributed by atoms with Gasteiger partial charge in [-0.2, -0.15) is 0 Å². The summed E-state index contributed by atoms with van der Waals surface area (Å²) in [5.74, 6) is 4.93. The van der Waals surface area contributed by atoms with Gasteiger partial charge in [0.25, 0.3) is 5.91 Å². The van der Waals surface area contributed by atoms with Gasteiger partial charge in [0.1, 0.15) is 0 Å². The summed E-state index contributed by atoms with van der Waals surface area (Å²) in [5.41, 5.74) is 0. The molecule has 1 aliphatic heterocycles. The summed E-state index contributed by atoms with van der Waals surface area (Å²) in [5, 5.41) is 12.3. The quantitative estimate of drug-likeness (QED) is 0.690. The standard InChI is InChI=1S/C14H20N2O3/c1-2-4-13(18)16-7-11(9-17)12(8-16)15-14(19)10-5-3-6-10/h10-12,17H,3,5-9H2,1H3,(H,15,19)/t11-,12+/m0/s1. The smallest absolute Gasteiger partial charge is 0.298 e. The molecule has 1 heterocycles. The van der Waals surface area contributed by atoms with Crippen LogP contribution in [0.2, 0.25) is 0 Å². The molecule has 0 aromatic heterocycles. The molecule has 2 aliphatic rings. The molecule has 104 valence electrons. The van der Waals surface area contributed by atoms with Crippen LogP contribution in [0.1, 0.15) is 26.2 Å². The topological polar surface area (TPSA) is 69.6 Å². The minimum Gasteiger partial charge on any atom is -0.396 e. The maximum Gasteiger partial charge on any atom is 0.298 e. The van der Waals surface area contributed by atoms with Gasteiger partial charge in [-0.1, -0.05) is 12.3 Å². The number of hydrogen-bond acceptors (Lipinski definition) is 3. The lowest BCUT2D eigenvalue weighted by atomic mass is 9.84. The number of nitrogens with one attached hydrogen (secondary N) is 1. The number of aliphatic hydroxyl groups is 1. The highest BCUT2D eigenvalue weighted by Crippen LogP contribution is 2.27. The van der Waals surface area contributed by atoms with Crippen LogP contribution in [0.15, 0.2) is 0 Å². The molecule has 2 fully saturated rings. The van der Waals surface area contributed by atoms with Gasteiger partial charge in [-0.15, -0.1) is 0 Å². The highest BCUT2D eigenvalue weighted by atomic mass is 16.3. The Morgan fingerprint density at radius 1 is 1.37 bits per heavy atom. The molecular weight excluding hydrogens is 244 g/mol. The van der Waals surface area contributed by atoms with Crippen LogP contribution in [0.4, 0.5) is 0 Å². The van der Waals surface area contributed by atoms with E-state index in [-0.39, 0.29) is 36.3 Å². The summed E-state index contributed by atoms with van der Waals surface area (Å²) in [6, 6.07) is -0.152. The van der Waals surface area contributed by atoms with Gasteiger partial charge in [0, 0.05) is 31.5 Å². The first-order chi connectivity index (χ1) is 9.15. The molecule has 0 aromatic rings. The molecule has 1 saturated heterocycles. The van der Waals surface area contributed by atoms with E-state index in [2.05, 4.69) is 17.2 Å². The predicted molar refractivity (Wildman–Crippen MR) is 69.9 cm³/mol. The molecule has 2 atom stereocenters. The van der Waals surface area contributed by atoms with Gasteiger partial charge in [0.15, 0.2) is 0 Å². The lowest BCUT2D eigenvalue weighted by Gasteiger charge is -2.27. The lowest BCUT2D eigenvalue weighted by Crippen LogP contribution is -2.45. The summed E-state index contributed by atoms with van der Waals surface area (Å²) < 4.78 is 0. The number of aliphatic hydroxyl groups excluding tert-OH is 1. The molecule has 1 saturated carbocycles. The number of carbonyl (C=O) groups is 2. The van der Waals surface area contributed by atoms with Crippen LogP contribution in [-0.2, 0) is 9.59 Å². The maximum atomic E-state index is 11.9. The molecule has 2 rings (SSSR count). The molecule has 0 unspecified atom stereocenters. The molecule has 0 bridgehead atoms. The third kappa shape index (κ3) is 3.07. The van der Waals surface area contributed by atoms with Crippen molar-refractivity contribution in [2.75, 3.05) is 19.7 Å². The number of carbonyl (C=O) groups excluding carboxylic acids is 2. The fraction of sp³-hybridized carbons (Fsp3) is 0.714. The van der Waals surface area contributed by atoms with Gasteiger partial charge in [-0.05, 0) is 25.7 Å². The largest absolute Gasteiger partial charge is 0.396 e. The number of likely N-dealkylation sites (tertiary alicyclic amines) is 1. The van der Waals surface area contributed by atoms with Gasteiger partial charge in [0.05, 0.1) is 6.04 Å². The van der Waals surface area contributed by atoms with Crippen molar-refractivity contribution in [1.82, 2.24) is 10.2 Å². The Kier molecular flexibility index (Phi) is 4.43. The Morgan fingerprint density at radius 3 is 2.63 bits per heavy atom. The van der Waals surface area contributed by atoms with E-state index in [9.17, 15) is 14.7 Å². The second kappa shape index (κ2) is 6.07. The second-order valence-electron chi connectivity index (χ2n) is 5.27. The minimum absolute atomic E-state index is 0.0288. The molecule has 0 radical (unpaired) electrons. The van der Waals surface area contributed by atoms with Crippen molar-refractivity contribution in [2.45, 2.75) is 32.2 Å². The molecular formula is C14H20N2O3. The van der Waals surface area contributed by atoms with E-state index in [1.807, 2.05) is 0 Å². The fourth-order valence-electron chi connectivity index (χ4n) is 2.54. The lowest BCUT2D eigenvalue weighted by molar-refractivity contribution is -0.129. The van der Waals surface area contributed by atoms with Crippen molar-refractivity contribution in [1.29, 1.82) is 0 Å². The van der Waals surface area contributed by atoms with E-state index in [1.165, 1.54) is 0 Å². The van der Waals surface area contributed by atoms with E-state index in [0.29, 0.717) is 13.1 Å². The highest BCUT2D eigenvalue weighted by molar-refractivity contribution is 5.93. The number of hydrogen-bond donors (Lipinski definition) is 2. The molecule has 1 aliphatic carbocycles. The summed E-state index contributed by atoms with van der Waals surface area (Å²) in [6.07, 6.45) is 3.02. The van der Waals surface area contributed by atoms with Crippen molar-refractivity contribution in [3.8, 4) is 11.8 Å². The number of rotatable bonds is 3. The van der Waals surface area contributed by atoms with Gasteiger partial charge in [-0.25, -0.2) is 0 Å². The van der Waals surface area contributed by atoms with Gasteiger partial charge >= 0.3 is 0 Å². The summed E-state index contributed by atoms with van der Waals surface area (Å²) in [6.45, 7) is 2.49. The summed E-state index contributed by atoms with van der Waals surface area (Å²) >= 11 is 0. The van der Waals surface area contributed by atoms with Crippen LogP contribution in [0.5, 0.6) is 0 Å². The number of amides is 2. The van der Waals surface area contributed by atoms with Gasteiger partial charge < -0.3 is 15.3 Å². The Morgan fingerprint density at radius 2 is 2.11 bits per heavy atom. The van der Waals surface area contributed by atoms with Crippen LogP contribution in [0, 0.1) is 23.7 Å². The Labute approximate surface area is 113 Å². The van der Waals surface area contributed by atoms with E-state index in [0.717, 1.165) is 19.3 Å². The van der Waals surface area contributed by atoms with Gasteiger partial charge in [0.2, 0.25) is 5.91 Å². The van der Waals surface area contributed by atoms with Crippen molar-refractivity contribution in [3.05, 3.63) is 0 Å². The van der Waals surface area contributed by atoms with E-state index in [4.69, 9.17) is 0 Å². The fourth-order valence-corrected chi connectivity index (χ4v) is 2.54. The zero-order valence-electron chi connectivity index (χ0n) is 11.2. The van der Waals surface area contributed by atoms with Crippen molar-refractivity contribution < 1.29 is 14.7 Å². The highest BCUT2D eigenvalue weighted by Gasteiger charge is 2.37. The van der Waals surface area contributed by atoms with E-state index in [1.54, 1.807) is 11.8 Å². The minimum atomic E-state index is -0.235. The van der Waals surface area contributed by atoms with Crippen molar-refractivity contribution in [3.63, 3.8) is 0 Å². The first-order valence-electron chi connectivity index (χ1n) is 6.78. The Bertz CT molecular complexity index is 420. The third-order valence-corrected chi connectivity index (χ3v) is 4.00. The van der Waals surface area contributed by atoms with E-state index >= 15 is 0 Å². The van der Waals surface area contributed by atoms with Crippen LogP contribution in [0.25, 0.3) is 0 Å².